The molecule has 10 heteroatoms. The van der Waals surface area contributed by atoms with Crippen molar-refractivity contribution in [3.8, 4) is 0 Å². The molecule has 0 saturated carbocycles. The smallest absolute Gasteiger partial charge is 0.295 e. The van der Waals surface area contributed by atoms with E-state index in [0.717, 1.165) is 0 Å². The second-order valence-corrected chi connectivity index (χ2v) is 4.78. The van der Waals surface area contributed by atoms with E-state index in [1.807, 2.05) is 0 Å². The number of nitrogens with zero attached hydrogens (tertiary/aromatic N) is 3. The van der Waals surface area contributed by atoms with Gasteiger partial charge in [-0.25, -0.2) is 0 Å². The Morgan fingerprint density at radius 2 is 1.92 bits per heavy atom. The van der Waals surface area contributed by atoms with Crippen LogP contribution in [0, 0.1) is 25.6 Å². The van der Waals surface area contributed by atoms with Gasteiger partial charge in [-0.1, -0.05) is 0 Å². The molecule has 124 valence electrons. The third-order valence-electron chi connectivity index (χ3n) is 3.25. The van der Waals surface area contributed by atoms with Crippen LogP contribution >= 0.6 is 0 Å². The van der Waals surface area contributed by atoms with Gasteiger partial charge in [0, 0.05) is 30.3 Å². The summed E-state index contributed by atoms with van der Waals surface area (Å²) in [4.78, 5) is 29.6. The van der Waals surface area contributed by atoms with Crippen LogP contribution in [0.4, 0.5) is 5.69 Å². The van der Waals surface area contributed by atoms with Crippen LogP contribution in [0.2, 0.25) is 0 Å². The zero-order valence-corrected chi connectivity index (χ0v) is 12.3. The number of hydrogen-bond donors (Lipinski definition) is 2. The number of nitrogens with two attached hydrogens (primary N) is 1. The number of nitro groups is 1. The fourth-order valence-electron chi connectivity index (χ4n) is 2.15. The summed E-state index contributed by atoms with van der Waals surface area (Å²) in [5, 5.41) is 28.0. The van der Waals surface area contributed by atoms with Crippen LogP contribution in [-0.2, 0) is 11.3 Å². The molecule has 0 aliphatic carbocycles. The van der Waals surface area contributed by atoms with E-state index < -0.39 is 16.1 Å². The Morgan fingerprint density at radius 3 is 2.46 bits per heavy atom. The number of non-ortho nitro benzene ring substituents is 1. The molecule has 2 aromatic rings. The molecule has 0 aliphatic heterocycles. The highest BCUT2D eigenvalue weighted by atomic mass is 17.0. The summed E-state index contributed by atoms with van der Waals surface area (Å²) in [5.41, 5.74) is 6.41. The Kier molecular flexibility index (Phi) is 5.00. The van der Waals surface area contributed by atoms with Gasteiger partial charge in [0.2, 0.25) is 0 Å². The van der Waals surface area contributed by atoms with Gasteiger partial charge in [0.1, 0.15) is 11.9 Å². The van der Waals surface area contributed by atoms with Crippen molar-refractivity contribution in [2.75, 3.05) is 0 Å². The second kappa shape index (κ2) is 7.13. The standard InChI is InChI=1S/C14H13N5O5/c15-14(16)11-2-1-7-17-12(11)8-13(24-19(22)23)9-3-5-10(6-4-9)18(20)21/h1-7,13H,8H2,(H3,15,16). The number of nitro benzene ring substituents is 1. The average molecular weight is 331 g/mol. The topological polar surface area (TPSA) is 158 Å². The van der Waals surface area contributed by atoms with Gasteiger partial charge in [-0.3, -0.25) is 20.5 Å². The normalized spacial score (nSPS) is 11.5. The molecule has 0 saturated heterocycles. The highest BCUT2D eigenvalue weighted by molar-refractivity contribution is 5.95. The molecule has 3 N–H and O–H groups in total. The lowest BCUT2D eigenvalue weighted by Crippen LogP contribution is -2.18. The van der Waals surface area contributed by atoms with E-state index in [-0.39, 0.29) is 17.9 Å². The van der Waals surface area contributed by atoms with Crippen molar-refractivity contribution in [3.63, 3.8) is 0 Å². The molecular weight excluding hydrogens is 318 g/mol. The first kappa shape index (κ1) is 16.8. The molecule has 24 heavy (non-hydrogen) atoms. The summed E-state index contributed by atoms with van der Waals surface area (Å²) in [5.74, 6) is -0.221. The maximum atomic E-state index is 10.8. The number of nitrogen functional groups attached to an aromatic ring is 1. The third-order valence-corrected chi connectivity index (χ3v) is 3.25. The number of pyridine rings is 1. The van der Waals surface area contributed by atoms with Gasteiger partial charge in [0.25, 0.3) is 10.8 Å². The van der Waals surface area contributed by atoms with Crippen LogP contribution in [0.15, 0.2) is 42.6 Å². The molecule has 2 rings (SSSR count). The van der Waals surface area contributed by atoms with Crippen LogP contribution in [0.25, 0.3) is 0 Å². The number of rotatable bonds is 7. The second-order valence-electron chi connectivity index (χ2n) is 4.78. The molecule has 0 spiro atoms. The van der Waals surface area contributed by atoms with Gasteiger partial charge in [-0.2, -0.15) is 0 Å². The summed E-state index contributed by atoms with van der Waals surface area (Å²) in [6, 6.07) is 8.39. The minimum Gasteiger partial charge on any atom is -0.384 e. The van der Waals surface area contributed by atoms with Crippen LogP contribution < -0.4 is 5.73 Å². The minimum absolute atomic E-state index is 0.0193. The lowest BCUT2D eigenvalue weighted by atomic mass is 10.0. The molecule has 1 heterocycles. The monoisotopic (exact) mass is 331 g/mol. The molecule has 0 bridgehead atoms. The molecule has 10 nitrogen and oxygen atoms in total. The van der Waals surface area contributed by atoms with Crippen LogP contribution in [0.5, 0.6) is 0 Å². The quantitative estimate of drug-likeness (QED) is 0.338. The Balaban J connectivity index is 2.34. The Labute approximate surface area is 135 Å². The molecular formula is C14H13N5O5. The number of aromatic nitrogens is 1. The Morgan fingerprint density at radius 1 is 1.25 bits per heavy atom. The SMILES string of the molecule is N=C(N)c1cccnc1CC(O[N+](=O)[O-])c1ccc([N+](=O)[O-])cc1. The maximum absolute atomic E-state index is 10.8. The molecule has 0 fully saturated rings. The first-order chi connectivity index (χ1) is 11.4. The minimum atomic E-state index is -1.03. The predicted molar refractivity (Wildman–Crippen MR) is 82.9 cm³/mol. The third kappa shape index (κ3) is 4.00. The van der Waals surface area contributed by atoms with Crippen LogP contribution in [-0.4, -0.2) is 20.8 Å². The molecule has 1 unspecified atom stereocenters. The molecule has 1 aromatic carbocycles. The molecule has 1 aromatic heterocycles. The van der Waals surface area contributed by atoms with E-state index in [4.69, 9.17) is 11.1 Å². The molecule has 0 radical (unpaired) electrons. The lowest BCUT2D eigenvalue weighted by molar-refractivity contribution is -0.771. The fourth-order valence-corrected chi connectivity index (χ4v) is 2.15. The van der Waals surface area contributed by atoms with Gasteiger partial charge in [-0.15, -0.1) is 10.1 Å². The lowest BCUT2D eigenvalue weighted by Gasteiger charge is -2.16. The number of amidine groups is 1. The Bertz CT molecular complexity index is 777. The van der Waals surface area contributed by atoms with Crippen molar-refractivity contribution in [3.05, 3.63) is 79.6 Å². The summed E-state index contributed by atoms with van der Waals surface area (Å²) < 4.78 is 0. The van der Waals surface area contributed by atoms with Crippen LogP contribution in [0.3, 0.4) is 0 Å². The summed E-state index contributed by atoms with van der Waals surface area (Å²) in [7, 11) is 0. The summed E-state index contributed by atoms with van der Waals surface area (Å²) in [6.07, 6.45) is 0.420. The van der Waals surface area contributed by atoms with Gasteiger partial charge < -0.3 is 10.6 Å². The highest BCUT2D eigenvalue weighted by Gasteiger charge is 2.21. The predicted octanol–water partition coefficient (Wildman–Crippen LogP) is 1.77. The van der Waals surface area contributed by atoms with E-state index >= 15 is 0 Å². The average Bonchev–Trinajstić information content (AvgIpc) is 2.54. The first-order valence-electron chi connectivity index (χ1n) is 6.72. The van der Waals surface area contributed by atoms with E-state index in [9.17, 15) is 20.2 Å². The fraction of sp³-hybridized carbons (Fsp3) is 0.143. The number of benzene rings is 1. The summed E-state index contributed by atoms with van der Waals surface area (Å²) in [6.45, 7) is 0. The van der Waals surface area contributed by atoms with E-state index in [2.05, 4.69) is 9.82 Å². The van der Waals surface area contributed by atoms with Crippen molar-refractivity contribution < 1.29 is 14.8 Å². The van der Waals surface area contributed by atoms with Crippen molar-refractivity contribution in [1.82, 2.24) is 4.98 Å². The van der Waals surface area contributed by atoms with Crippen molar-refractivity contribution in [1.29, 1.82) is 5.41 Å². The zero-order chi connectivity index (χ0) is 17.7. The highest BCUT2D eigenvalue weighted by Crippen LogP contribution is 2.25. The van der Waals surface area contributed by atoms with E-state index in [1.54, 1.807) is 12.1 Å². The number of nitrogens with one attached hydrogen (secondary N) is 1. The van der Waals surface area contributed by atoms with Gasteiger partial charge in [0.15, 0.2) is 0 Å². The van der Waals surface area contributed by atoms with Crippen molar-refractivity contribution in [2.24, 2.45) is 5.73 Å². The van der Waals surface area contributed by atoms with Crippen molar-refractivity contribution in [2.45, 2.75) is 12.5 Å². The van der Waals surface area contributed by atoms with Gasteiger partial charge >= 0.3 is 0 Å². The van der Waals surface area contributed by atoms with Crippen LogP contribution in [0.1, 0.15) is 22.9 Å². The van der Waals surface area contributed by atoms with E-state index in [1.165, 1.54) is 30.5 Å². The maximum Gasteiger partial charge on any atom is 0.295 e. The molecule has 0 aliphatic rings. The van der Waals surface area contributed by atoms with E-state index in [0.29, 0.717) is 16.8 Å². The number of hydrogen-bond acceptors (Lipinski definition) is 7. The zero-order valence-electron chi connectivity index (χ0n) is 12.3. The Hall–Kier alpha value is -3.56. The summed E-state index contributed by atoms with van der Waals surface area (Å²) >= 11 is 0. The molecule has 1 atom stereocenters. The van der Waals surface area contributed by atoms with Gasteiger partial charge in [0.05, 0.1) is 10.6 Å². The van der Waals surface area contributed by atoms with Crippen molar-refractivity contribution >= 4 is 11.5 Å². The molecule has 0 amide bonds. The largest absolute Gasteiger partial charge is 0.384 e. The van der Waals surface area contributed by atoms with Gasteiger partial charge in [-0.05, 0) is 29.8 Å². The first-order valence-corrected chi connectivity index (χ1v) is 6.72.